The summed E-state index contributed by atoms with van der Waals surface area (Å²) in [5.74, 6) is 0. The standard InChI is InChI=1S/C9H6FNO/c10-4-9-3-7(6-12)1-2-8(9)5-11/h1-3,6H,4H2. The monoisotopic (exact) mass is 163 g/mol. The van der Waals surface area contributed by atoms with Gasteiger partial charge in [-0.1, -0.05) is 6.07 Å². The molecular weight excluding hydrogens is 157 g/mol. The highest BCUT2D eigenvalue weighted by atomic mass is 19.1. The minimum Gasteiger partial charge on any atom is -0.298 e. The Morgan fingerprint density at radius 1 is 1.58 bits per heavy atom. The first-order valence-corrected chi connectivity index (χ1v) is 3.36. The maximum absolute atomic E-state index is 12.2. The highest BCUT2D eigenvalue weighted by Crippen LogP contribution is 2.11. The quantitative estimate of drug-likeness (QED) is 0.624. The highest BCUT2D eigenvalue weighted by molar-refractivity contribution is 5.75. The van der Waals surface area contributed by atoms with Crippen molar-refractivity contribution in [3.05, 3.63) is 34.9 Å². The predicted octanol–water partition coefficient (Wildman–Crippen LogP) is 1.84. The molecule has 2 nitrogen and oxygen atoms in total. The third-order valence-corrected chi connectivity index (χ3v) is 1.53. The van der Waals surface area contributed by atoms with E-state index in [0.29, 0.717) is 11.8 Å². The van der Waals surface area contributed by atoms with Crippen molar-refractivity contribution in [1.29, 1.82) is 5.26 Å². The van der Waals surface area contributed by atoms with Gasteiger partial charge in [0.2, 0.25) is 0 Å². The Morgan fingerprint density at radius 2 is 2.33 bits per heavy atom. The number of nitrogens with zero attached hydrogens (tertiary/aromatic N) is 1. The van der Waals surface area contributed by atoms with E-state index in [9.17, 15) is 9.18 Å². The third-order valence-electron chi connectivity index (χ3n) is 1.53. The average molecular weight is 163 g/mol. The number of rotatable bonds is 2. The molecule has 0 aliphatic heterocycles. The first kappa shape index (κ1) is 8.41. The minimum atomic E-state index is -0.718. The summed E-state index contributed by atoms with van der Waals surface area (Å²) in [6.45, 7) is -0.718. The first-order valence-electron chi connectivity index (χ1n) is 3.36. The van der Waals surface area contributed by atoms with Gasteiger partial charge in [-0.25, -0.2) is 4.39 Å². The maximum atomic E-state index is 12.2. The number of benzene rings is 1. The van der Waals surface area contributed by atoms with Crippen LogP contribution in [0.4, 0.5) is 4.39 Å². The zero-order valence-electron chi connectivity index (χ0n) is 6.25. The molecule has 0 saturated carbocycles. The number of nitriles is 1. The molecule has 60 valence electrons. The van der Waals surface area contributed by atoms with Gasteiger partial charge in [0.05, 0.1) is 11.6 Å². The first-order chi connectivity index (χ1) is 5.81. The molecule has 3 heteroatoms. The molecule has 0 aliphatic carbocycles. The summed E-state index contributed by atoms with van der Waals surface area (Å²) in [5, 5.41) is 8.51. The topological polar surface area (TPSA) is 40.9 Å². The van der Waals surface area contributed by atoms with Gasteiger partial charge in [0.1, 0.15) is 13.0 Å². The molecular formula is C9H6FNO. The summed E-state index contributed by atoms with van der Waals surface area (Å²) in [4.78, 5) is 10.3. The fourth-order valence-electron chi connectivity index (χ4n) is 0.907. The molecule has 1 aromatic carbocycles. The Morgan fingerprint density at radius 3 is 2.83 bits per heavy atom. The lowest BCUT2D eigenvalue weighted by molar-refractivity contribution is 0.112. The van der Waals surface area contributed by atoms with Gasteiger partial charge in [-0.2, -0.15) is 5.26 Å². The molecule has 0 saturated heterocycles. The Balaban J connectivity index is 3.21. The summed E-state index contributed by atoms with van der Waals surface area (Å²) in [6.07, 6.45) is 0.625. The normalized spacial score (nSPS) is 9.00. The second kappa shape index (κ2) is 3.63. The number of carbonyl (C=O) groups excluding carboxylic acids is 1. The van der Waals surface area contributed by atoms with Crippen LogP contribution in [0.1, 0.15) is 21.5 Å². The van der Waals surface area contributed by atoms with Gasteiger partial charge in [-0.05, 0) is 12.1 Å². The largest absolute Gasteiger partial charge is 0.298 e. The SMILES string of the molecule is N#Cc1ccc(C=O)cc1CF. The van der Waals surface area contributed by atoms with Crippen LogP contribution in [-0.2, 0) is 6.67 Å². The number of hydrogen-bond donors (Lipinski definition) is 0. The van der Waals surface area contributed by atoms with Crippen molar-refractivity contribution in [1.82, 2.24) is 0 Å². The molecule has 0 amide bonds. The van der Waals surface area contributed by atoms with Crippen LogP contribution in [0.2, 0.25) is 0 Å². The van der Waals surface area contributed by atoms with Gasteiger partial charge in [-0.3, -0.25) is 4.79 Å². The van der Waals surface area contributed by atoms with E-state index in [1.165, 1.54) is 18.2 Å². The van der Waals surface area contributed by atoms with Crippen LogP contribution in [0.3, 0.4) is 0 Å². The zero-order chi connectivity index (χ0) is 8.97. The van der Waals surface area contributed by atoms with Crippen molar-refractivity contribution < 1.29 is 9.18 Å². The van der Waals surface area contributed by atoms with Gasteiger partial charge in [0, 0.05) is 11.1 Å². The number of hydrogen-bond acceptors (Lipinski definition) is 2. The van der Waals surface area contributed by atoms with E-state index in [1.807, 2.05) is 6.07 Å². The lowest BCUT2D eigenvalue weighted by atomic mass is 10.1. The number of aldehydes is 1. The van der Waals surface area contributed by atoms with Gasteiger partial charge in [0.15, 0.2) is 0 Å². The van der Waals surface area contributed by atoms with Gasteiger partial charge in [-0.15, -0.1) is 0 Å². The molecule has 0 radical (unpaired) electrons. The molecule has 1 rings (SSSR count). The highest BCUT2D eigenvalue weighted by Gasteiger charge is 2.01. The molecule has 12 heavy (non-hydrogen) atoms. The van der Waals surface area contributed by atoms with Gasteiger partial charge in [0.25, 0.3) is 0 Å². The van der Waals surface area contributed by atoms with Crippen molar-refractivity contribution in [3.63, 3.8) is 0 Å². The Bertz CT molecular complexity index is 341. The van der Waals surface area contributed by atoms with Crippen LogP contribution in [0, 0.1) is 11.3 Å². The number of halogens is 1. The summed E-state index contributed by atoms with van der Waals surface area (Å²) in [5.41, 5.74) is 0.937. The summed E-state index contributed by atoms with van der Waals surface area (Å²) in [7, 11) is 0. The third kappa shape index (κ3) is 1.48. The zero-order valence-corrected chi connectivity index (χ0v) is 6.25. The van der Waals surface area contributed by atoms with E-state index < -0.39 is 6.67 Å². The average Bonchev–Trinajstić information content (AvgIpc) is 2.16. The second-order valence-corrected chi connectivity index (χ2v) is 2.28. The van der Waals surface area contributed by atoms with Crippen molar-refractivity contribution in [2.24, 2.45) is 0 Å². The van der Waals surface area contributed by atoms with E-state index in [-0.39, 0.29) is 11.1 Å². The van der Waals surface area contributed by atoms with Crippen LogP contribution in [0.5, 0.6) is 0 Å². The fraction of sp³-hybridized carbons (Fsp3) is 0.111. The molecule has 0 aromatic heterocycles. The van der Waals surface area contributed by atoms with Crippen LogP contribution < -0.4 is 0 Å². The van der Waals surface area contributed by atoms with E-state index in [2.05, 4.69) is 0 Å². The number of alkyl halides is 1. The van der Waals surface area contributed by atoms with Crippen LogP contribution in [0.15, 0.2) is 18.2 Å². The molecule has 0 aliphatic rings. The second-order valence-electron chi connectivity index (χ2n) is 2.28. The summed E-state index contributed by atoms with van der Waals surface area (Å²) < 4.78 is 12.2. The minimum absolute atomic E-state index is 0.266. The summed E-state index contributed by atoms with van der Waals surface area (Å²) in [6, 6.07) is 6.16. The van der Waals surface area contributed by atoms with E-state index in [4.69, 9.17) is 5.26 Å². The Kier molecular flexibility index (Phi) is 2.54. The van der Waals surface area contributed by atoms with Gasteiger partial charge >= 0.3 is 0 Å². The van der Waals surface area contributed by atoms with Crippen molar-refractivity contribution >= 4 is 6.29 Å². The van der Waals surface area contributed by atoms with Gasteiger partial charge < -0.3 is 0 Å². The molecule has 0 fully saturated rings. The molecule has 0 bridgehead atoms. The van der Waals surface area contributed by atoms with E-state index >= 15 is 0 Å². The van der Waals surface area contributed by atoms with Crippen molar-refractivity contribution in [2.75, 3.05) is 0 Å². The molecule has 0 unspecified atom stereocenters. The fourth-order valence-corrected chi connectivity index (χ4v) is 0.907. The number of carbonyl (C=O) groups is 1. The molecule has 0 atom stereocenters. The van der Waals surface area contributed by atoms with Crippen molar-refractivity contribution in [2.45, 2.75) is 6.67 Å². The van der Waals surface area contributed by atoms with Crippen LogP contribution >= 0.6 is 0 Å². The van der Waals surface area contributed by atoms with Crippen LogP contribution in [-0.4, -0.2) is 6.29 Å². The Labute approximate surface area is 69.2 Å². The van der Waals surface area contributed by atoms with Crippen molar-refractivity contribution in [3.8, 4) is 6.07 Å². The molecule has 0 N–H and O–H groups in total. The Hall–Kier alpha value is -1.69. The molecule has 1 aromatic rings. The lowest BCUT2D eigenvalue weighted by Gasteiger charge is -1.97. The smallest absolute Gasteiger partial charge is 0.150 e. The van der Waals surface area contributed by atoms with E-state index in [0.717, 1.165) is 0 Å². The predicted molar refractivity (Wildman–Crippen MR) is 41.4 cm³/mol. The summed E-state index contributed by atoms with van der Waals surface area (Å²) >= 11 is 0. The molecule has 0 heterocycles. The van der Waals surface area contributed by atoms with Crippen LogP contribution in [0.25, 0.3) is 0 Å². The maximum Gasteiger partial charge on any atom is 0.150 e. The van der Waals surface area contributed by atoms with E-state index in [1.54, 1.807) is 0 Å². The molecule has 0 spiro atoms. The lowest BCUT2D eigenvalue weighted by Crippen LogP contribution is -1.89.